The second-order valence-electron chi connectivity index (χ2n) is 9.06. The van der Waals surface area contributed by atoms with Crippen molar-refractivity contribution in [3.8, 4) is 11.3 Å². The normalized spacial score (nSPS) is 14.0. The molecule has 0 saturated carbocycles. The Kier molecular flexibility index (Phi) is 9.24. The molecule has 8 heteroatoms. The van der Waals surface area contributed by atoms with Gasteiger partial charge in [0.1, 0.15) is 0 Å². The third-order valence-electron chi connectivity index (χ3n) is 6.40. The van der Waals surface area contributed by atoms with Gasteiger partial charge in [0.25, 0.3) is 0 Å². The Morgan fingerprint density at radius 1 is 0.974 bits per heavy atom. The van der Waals surface area contributed by atoms with Crippen molar-refractivity contribution >= 4 is 28.7 Å². The number of carboxylic acid groups (broad SMARTS) is 1. The number of nitrogen functional groups attached to an aromatic ring is 1. The zero-order chi connectivity index (χ0) is 26.8. The van der Waals surface area contributed by atoms with Gasteiger partial charge in [-0.25, -0.2) is 9.78 Å². The fourth-order valence-corrected chi connectivity index (χ4v) is 5.17. The van der Waals surface area contributed by atoms with E-state index in [-0.39, 0.29) is 0 Å². The number of hydrogen-bond acceptors (Lipinski definition) is 7. The summed E-state index contributed by atoms with van der Waals surface area (Å²) in [6.07, 6.45) is 5.02. The molecule has 3 aromatic carbocycles. The number of carboxylic acids is 1. The zero-order valence-corrected chi connectivity index (χ0v) is 22.2. The van der Waals surface area contributed by atoms with Crippen molar-refractivity contribution in [2.24, 2.45) is 5.16 Å². The molecule has 3 N–H and O–H groups in total. The fourth-order valence-electron chi connectivity index (χ4n) is 4.61. The summed E-state index contributed by atoms with van der Waals surface area (Å²) in [5.74, 6) is -1.20. The molecule has 0 spiro atoms. The van der Waals surface area contributed by atoms with Gasteiger partial charge in [0.2, 0.25) is 5.60 Å². The molecular weight excluding hydrogens is 496 g/mol. The number of likely N-dealkylation sites (tertiary alicyclic amines) is 1. The largest absolute Gasteiger partial charge is 0.477 e. The summed E-state index contributed by atoms with van der Waals surface area (Å²) in [4.78, 5) is 24.1. The molecule has 0 unspecified atom stereocenters. The minimum absolute atomic E-state index is 0.458. The van der Waals surface area contributed by atoms with Crippen LogP contribution < -0.4 is 5.73 Å². The summed E-state index contributed by atoms with van der Waals surface area (Å²) in [5.41, 5.74) is 8.55. The number of benzene rings is 3. The van der Waals surface area contributed by atoms with Crippen molar-refractivity contribution in [2.75, 3.05) is 25.9 Å². The highest BCUT2D eigenvalue weighted by molar-refractivity contribution is 7.13. The van der Waals surface area contributed by atoms with Crippen LogP contribution in [0.1, 0.15) is 36.0 Å². The summed E-state index contributed by atoms with van der Waals surface area (Å²) >= 11 is 1.35. The van der Waals surface area contributed by atoms with Crippen LogP contribution in [0.3, 0.4) is 0 Å². The van der Waals surface area contributed by atoms with Gasteiger partial charge in [0.15, 0.2) is 11.3 Å². The van der Waals surface area contributed by atoms with Crippen LogP contribution in [0.5, 0.6) is 0 Å². The highest BCUT2D eigenvalue weighted by Gasteiger charge is 2.41. The topological polar surface area (TPSA) is 101 Å². The van der Waals surface area contributed by atoms with E-state index in [1.807, 2.05) is 90.3 Å². The average molecular weight is 529 g/mol. The standard InChI is InChI=1S/C24H19N3O3S.C6H13N/c25-23-27-21(16-31-23)19-13-7-8-14-20(19)24(30-26-15-22(28)29,17-9-3-1-4-10-17)18-11-5-2-6-12-18;1-7-5-3-2-4-6-7/h1-16H,(H2,25,27)(H,28,29);2-6H2,1H3. The van der Waals surface area contributed by atoms with E-state index in [0.717, 1.165) is 28.5 Å². The van der Waals surface area contributed by atoms with Crippen LogP contribution >= 0.6 is 11.3 Å². The monoisotopic (exact) mass is 528 g/mol. The lowest BCUT2D eigenvalue weighted by Crippen LogP contribution is -2.32. The maximum atomic E-state index is 11.1. The summed E-state index contributed by atoms with van der Waals surface area (Å²) in [7, 11) is 2.19. The first-order chi connectivity index (χ1) is 18.5. The molecule has 5 rings (SSSR count). The van der Waals surface area contributed by atoms with Crippen LogP contribution in [-0.4, -0.2) is 47.3 Å². The SMILES string of the molecule is CN1CCCCC1.Nc1nc(-c2ccccc2C(ON=CC(=O)O)(c2ccccc2)c2ccccc2)cs1. The lowest BCUT2D eigenvalue weighted by molar-refractivity contribution is -0.129. The van der Waals surface area contributed by atoms with Gasteiger partial charge >= 0.3 is 5.97 Å². The van der Waals surface area contributed by atoms with Crippen LogP contribution in [0.4, 0.5) is 5.13 Å². The zero-order valence-electron chi connectivity index (χ0n) is 21.4. The van der Waals surface area contributed by atoms with Crippen molar-refractivity contribution in [1.82, 2.24) is 9.88 Å². The van der Waals surface area contributed by atoms with E-state index < -0.39 is 11.6 Å². The van der Waals surface area contributed by atoms with Gasteiger partial charge in [-0.2, -0.15) is 0 Å². The number of rotatable bonds is 7. The predicted octanol–water partition coefficient (Wildman–Crippen LogP) is 5.87. The van der Waals surface area contributed by atoms with Crippen LogP contribution in [-0.2, 0) is 15.2 Å². The second kappa shape index (κ2) is 13.0. The van der Waals surface area contributed by atoms with Crippen molar-refractivity contribution < 1.29 is 14.7 Å². The van der Waals surface area contributed by atoms with Gasteiger partial charge in [-0.05, 0) is 33.0 Å². The summed E-state index contributed by atoms with van der Waals surface area (Å²) in [6, 6.07) is 26.8. The number of nitrogens with zero attached hydrogens (tertiary/aromatic N) is 3. The number of oxime groups is 1. The Morgan fingerprint density at radius 3 is 2.05 bits per heavy atom. The Labute approximate surface area is 227 Å². The highest BCUT2D eigenvalue weighted by atomic mass is 32.1. The van der Waals surface area contributed by atoms with E-state index in [1.54, 1.807) is 0 Å². The van der Waals surface area contributed by atoms with E-state index in [2.05, 4.69) is 22.1 Å². The number of aliphatic carboxylic acids is 1. The van der Waals surface area contributed by atoms with Gasteiger partial charge in [-0.3, -0.25) is 0 Å². The quantitative estimate of drug-likeness (QED) is 0.177. The van der Waals surface area contributed by atoms with E-state index in [0.29, 0.717) is 10.8 Å². The first kappa shape index (κ1) is 27.0. The van der Waals surface area contributed by atoms with Crippen molar-refractivity contribution in [3.05, 3.63) is 107 Å². The number of hydrogen-bond donors (Lipinski definition) is 2. The van der Waals surface area contributed by atoms with E-state index >= 15 is 0 Å². The van der Waals surface area contributed by atoms with E-state index in [9.17, 15) is 4.79 Å². The third-order valence-corrected chi connectivity index (χ3v) is 7.07. The van der Waals surface area contributed by atoms with Crippen molar-refractivity contribution in [3.63, 3.8) is 0 Å². The van der Waals surface area contributed by atoms with Gasteiger partial charge < -0.3 is 20.6 Å². The minimum atomic E-state index is -1.22. The van der Waals surface area contributed by atoms with Gasteiger partial charge in [-0.15, -0.1) is 11.3 Å². The Morgan fingerprint density at radius 2 is 1.55 bits per heavy atom. The second-order valence-corrected chi connectivity index (χ2v) is 9.95. The number of anilines is 1. The first-order valence-corrected chi connectivity index (χ1v) is 13.4. The Bertz CT molecular complexity index is 1300. The number of thiazole rings is 1. The average Bonchev–Trinajstić information content (AvgIpc) is 3.39. The first-order valence-electron chi connectivity index (χ1n) is 12.6. The molecule has 1 aromatic heterocycles. The Hall–Kier alpha value is -4.01. The van der Waals surface area contributed by atoms with Crippen LogP contribution in [0, 0.1) is 0 Å². The molecule has 1 saturated heterocycles. The van der Waals surface area contributed by atoms with E-state index in [4.69, 9.17) is 15.7 Å². The summed E-state index contributed by atoms with van der Waals surface area (Å²) in [5, 5.41) is 15.3. The summed E-state index contributed by atoms with van der Waals surface area (Å²) in [6.45, 7) is 2.64. The van der Waals surface area contributed by atoms with Crippen LogP contribution in [0.2, 0.25) is 0 Å². The van der Waals surface area contributed by atoms with Crippen LogP contribution in [0.15, 0.2) is 95.5 Å². The summed E-state index contributed by atoms with van der Waals surface area (Å²) < 4.78 is 0. The number of nitrogens with two attached hydrogens (primary N) is 1. The molecule has 38 heavy (non-hydrogen) atoms. The minimum Gasteiger partial charge on any atom is -0.477 e. The molecule has 0 aliphatic carbocycles. The van der Waals surface area contributed by atoms with Gasteiger partial charge in [0, 0.05) is 27.6 Å². The Balaban J connectivity index is 0.000000417. The highest BCUT2D eigenvalue weighted by Crippen LogP contribution is 2.44. The number of carbonyl (C=O) groups is 1. The molecular formula is C30H32N4O3S. The molecule has 196 valence electrons. The molecule has 2 heterocycles. The predicted molar refractivity (Wildman–Crippen MR) is 153 cm³/mol. The fraction of sp³-hybridized carbons (Fsp3) is 0.233. The van der Waals surface area contributed by atoms with E-state index in [1.165, 1.54) is 43.7 Å². The molecule has 1 aliphatic rings. The van der Waals surface area contributed by atoms with Gasteiger partial charge in [0.05, 0.1) is 5.69 Å². The molecule has 1 fully saturated rings. The molecule has 0 radical (unpaired) electrons. The molecule has 0 bridgehead atoms. The molecule has 4 aromatic rings. The molecule has 0 amide bonds. The smallest absolute Gasteiger partial charge is 0.350 e. The molecule has 0 atom stereocenters. The van der Waals surface area contributed by atoms with Gasteiger partial charge in [-0.1, -0.05) is 96.5 Å². The molecule has 7 nitrogen and oxygen atoms in total. The third kappa shape index (κ3) is 6.45. The number of piperidine rings is 1. The maximum absolute atomic E-state index is 11.1. The lowest BCUT2D eigenvalue weighted by Gasteiger charge is -2.34. The number of aromatic nitrogens is 1. The maximum Gasteiger partial charge on any atom is 0.350 e. The van der Waals surface area contributed by atoms with Crippen LogP contribution in [0.25, 0.3) is 11.3 Å². The lowest BCUT2D eigenvalue weighted by atomic mass is 9.78. The van der Waals surface area contributed by atoms with Crippen molar-refractivity contribution in [1.29, 1.82) is 0 Å². The molecule has 1 aliphatic heterocycles. The van der Waals surface area contributed by atoms with Crippen molar-refractivity contribution in [2.45, 2.75) is 24.9 Å².